The second-order valence-electron chi connectivity index (χ2n) is 3.46. The van der Waals surface area contributed by atoms with Gasteiger partial charge < -0.3 is 10.3 Å². The smallest absolute Gasteiger partial charge is 0.191 e. The van der Waals surface area contributed by atoms with Crippen LogP contribution >= 0.6 is 11.8 Å². The number of nitrogens with two attached hydrogens (primary N) is 1. The van der Waals surface area contributed by atoms with Gasteiger partial charge in [0.25, 0.3) is 0 Å². The SMILES string of the molecule is CSc1nnc(CCCN)n1C(C)C. The van der Waals surface area contributed by atoms with Crippen molar-refractivity contribution in [3.05, 3.63) is 5.82 Å². The van der Waals surface area contributed by atoms with Crippen molar-refractivity contribution in [2.24, 2.45) is 5.73 Å². The lowest BCUT2D eigenvalue weighted by molar-refractivity contribution is 0.521. The molecular weight excluding hydrogens is 196 g/mol. The first-order valence-electron chi connectivity index (χ1n) is 4.88. The van der Waals surface area contributed by atoms with Crippen molar-refractivity contribution in [3.63, 3.8) is 0 Å². The molecule has 0 saturated carbocycles. The number of aryl methyl sites for hydroxylation is 1. The Bertz CT molecular complexity index is 282. The minimum Gasteiger partial charge on any atom is -0.330 e. The second kappa shape index (κ2) is 5.36. The van der Waals surface area contributed by atoms with Crippen LogP contribution in [0.4, 0.5) is 0 Å². The molecule has 0 bridgehead atoms. The van der Waals surface area contributed by atoms with Crippen LogP contribution in [0.1, 0.15) is 32.1 Å². The lowest BCUT2D eigenvalue weighted by Gasteiger charge is -2.12. The largest absolute Gasteiger partial charge is 0.330 e. The topological polar surface area (TPSA) is 56.7 Å². The van der Waals surface area contributed by atoms with E-state index in [-0.39, 0.29) is 0 Å². The van der Waals surface area contributed by atoms with Crippen molar-refractivity contribution in [3.8, 4) is 0 Å². The summed E-state index contributed by atoms with van der Waals surface area (Å²) >= 11 is 1.64. The molecule has 0 aliphatic heterocycles. The second-order valence-corrected chi connectivity index (χ2v) is 4.23. The number of hydrogen-bond acceptors (Lipinski definition) is 4. The Hall–Kier alpha value is -0.550. The summed E-state index contributed by atoms with van der Waals surface area (Å²) in [5.74, 6) is 1.05. The molecule has 1 aromatic rings. The predicted molar refractivity (Wildman–Crippen MR) is 59.6 cm³/mol. The molecule has 4 nitrogen and oxygen atoms in total. The Morgan fingerprint density at radius 1 is 1.43 bits per heavy atom. The molecule has 5 heteroatoms. The average molecular weight is 214 g/mol. The molecule has 0 atom stereocenters. The molecule has 0 aromatic carbocycles. The van der Waals surface area contributed by atoms with Gasteiger partial charge in [0.15, 0.2) is 5.16 Å². The van der Waals surface area contributed by atoms with Gasteiger partial charge in [0.05, 0.1) is 0 Å². The third-order valence-corrected chi connectivity index (χ3v) is 2.68. The molecule has 1 rings (SSSR count). The summed E-state index contributed by atoms with van der Waals surface area (Å²) in [6, 6.07) is 0.417. The molecule has 1 aromatic heterocycles. The maximum Gasteiger partial charge on any atom is 0.191 e. The molecular formula is C9H18N4S. The van der Waals surface area contributed by atoms with E-state index in [2.05, 4.69) is 28.6 Å². The highest BCUT2D eigenvalue weighted by molar-refractivity contribution is 7.98. The van der Waals surface area contributed by atoms with Gasteiger partial charge in [-0.3, -0.25) is 0 Å². The molecule has 0 fully saturated rings. The van der Waals surface area contributed by atoms with Crippen LogP contribution in [-0.2, 0) is 6.42 Å². The summed E-state index contributed by atoms with van der Waals surface area (Å²) in [5.41, 5.74) is 5.48. The van der Waals surface area contributed by atoms with Gasteiger partial charge in [0.2, 0.25) is 0 Å². The molecule has 0 saturated heterocycles. The fraction of sp³-hybridized carbons (Fsp3) is 0.778. The first-order valence-corrected chi connectivity index (χ1v) is 6.11. The summed E-state index contributed by atoms with van der Waals surface area (Å²) < 4.78 is 2.18. The van der Waals surface area contributed by atoms with Gasteiger partial charge in [-0.2, -0.15) is 0 Å². The van der Waals surface area contributed by atoms with Crippen molar-refractivity contribution in [1.82, 2.24) is 14.8 Å². The first-order chi connectivity index (χ1) is 6.70. The van der Waals surface area contributed by atoms with Crippen molar-refractivity contribution < 1.29 is 0 Å². The van der Waals surface area contributed by atoms with Gasteiger partial charge in [0, 0.05) is 12.5 Å². The van der Waals surface area contributed by atoms with Crippen LogP contribution in [-0.4, -0.2) is 27.6 Å². The maximum absolute atomic E-state index is 5.48. The fourth-order valence-electron chi connectivity index (χ4n) is 1.40. The van der Waals surface area contributed by atoms with E-state index >= 15 is 0 Å². The zero-order chi connectivity index (χ0) is 10.6. The predicted octanol–water partition coefficient (Wildman–Crippen LogP) is 1.47. The first kappa shape index (κ1) is 11.5. The minimum absolute atomic E-state index is 0.417. The van der Waals surface area contributed by atoms with Crippen molar-refractivity contribution >= 4 is 11.8 Å². The highest BCUT2D eigenvalue weighted by Gasteiger charge is 2.12. The zero-order valence-electron chi connectivity index (χ0n) is 9.03. The van der Waals surface area contributed by atoms with Gasteiger partial charge in [-0.15, -0.1) is 10.2 Å². The van der Waals surface area contributed by atoms with Gasteiger partial charge in [-0.05, 0) is 33.1 Å². The van der Waals surface area contributed by atoms with Gasteiger partial charge in [0.1, 0.15) is 5.82 Å². The summed E-state index contributed by atoms with van der Waals surface area (Å²) in [6.07, 6.45) is 3.91. The van der Waals surface area contributed by atoms with E-state index in [1.165, 1.54) is 0 Å². The number of hydrogen-bond donors (Lipinski definition) is 1. The van der Waals surface area contributed by atoms with E-state index in [1.54, 1.807) is 11.8 Å². The molecule has 2 N–H and O–H groups in total. The zero-order valence-corrected chi connectivity index (χ0v) is 9.84. The lowest BCUT2D eigenvalue weighted by atomic mass is 10.3. The molecule has 0 spiro atoms. The van der Waals surface area contributed by atoms with Crippen LogP contribution in [0.25, 0.3) is 0 Å². The van der Waals surface area contributed by atoms with Crippen LogP contribution in [0, 0.1) is 0 Å². The standard InChI is InChI=1S/C9H18N4S/c1-7(2)13-8(5-4-6-10)11-12-9(13)14-3/h7H,4-6,10H2,1-3H3. The summed E-state index contributed by atoms with van der Waals surface area (Å²) in [6.45, 7) is 5.00. The van der Waals surface area contributed by atoms with Crippen molar-refractivity contribution in [2.45, 2.75) is 37.9 Å². The Balaban J connectivity index is 2.87. The highest BCUT2D eigenvalue weighted by atomic mass is 32.2. The Morgan fingerprint density at radius 3 is 2.64 bits per heavy atom. The highest BCUT2D eigenvalue weighted by Crippen LogP contribution is 2.19. The van der Waals surface area contributed by atoms with Gasteiger partial charge in [-0.1, -0.05) is 11.8 Å². The normalized spacial score (nSPS) is 11.2. The number of nitrogens with zero attached hydrogens (tertiary/aromatic N) is 3. The Kier molecular flexibility index (Phi) is 4.41. The van der Waals surface area contributed by atoms with Crippen LogP contribution < -0.4 is 5.73 Å². The van der Waals surface area contributed by atoms with Crippen LogP contribution in [0.15, 0.2) is 5.16 Å². The quantitative estimate of drug-likeness (QED) is 0.754. The minimum atomic E-state index is 0.417. The third-order valence-electron chi connectivity index (χ3n) is 2.04. The molecule has 0 radical (unpaired) electrons. The molecule has 14 heavy (non-hydrogen) atoms. The van der Waals surface area contributed by atoms with Gasteiger partial charge >= 0.3 is 0 Å². The average Bonchev–Trinajstić information content (AvgIpc) is 2.57. The Morgan fingerprint density at radius 2 is 2.14 bits per heavy atom. The van der Waals surface area contributed by atoms with E-state index in [9.17, 15) is 0 Å². The summed E-state index contributed by atoms with van der Waals surface area (Å²) in [7, 11) is 0. The van der Waals surface area contributed by atoms with E-state index in [0.29, 0.717) is 12.6 Å². The van der Waals surface area contributed by atoms with Crippen molar-refractivity contribution in [1.29, 1.82) is 0 Å². The van der Waals surface area contributed by atoms with Crippen LogP contribution in [0.3, 0.4) is 0 Å². The third kappa shape index (κ3) is 2.48. The van der Waals surface area contributed by atoms with E-state index < -0.39 is 0 Å². The number of rotatable bonds is 5. The molecule has 1 heterocycles. The molecule has 0 aliphatic carbocycles. The fourth-order valence-corrected chi connectivity index (χ4v) is 2.03. The van der Waals surface area contributed by atoms with Crippen molar-refractivity contribution in [2.75, 3.05) is 12.8 Å². The number of thioether (sulfide) groups is 1. The summed E-state index contributed by atoms with van der Waals surface area (Å²) in [4.78, 5) is 0. The maximum atomic E-state index is 5.48. The van der Waals surface area contributed by atoms with Gasteiger partial charge in [-0.25, -0.2) is 0 Å². The van der Waals surface area contributed by atoms with E-state index in [1.807, 2.05) is 6.26 Å². The monoisotopic (exact) mass is 214 g/mol. The van der Waals surface area contributed by atoms with E-state index in [0.717, 1.165) is 23.8 Å². The van der Waals surface area contributed by atoms with E-state index in [4.69, 9.17) is 5.73 Å². The molecule has 80 valence electrons. The number of aromatic nitrogens is 3. The van der Waals surface area contributed by atoms with Crippen LogP contribution in [0.2, 0.25) is 0 Å². The van der Waals surface area contributed by atoms with Crippen LogP contribution in [0.5, 0.6) is 0 Å². The molecule has 0 aliphatic rings. The molecule has 0 amide bonds. The molecule has 0 unspecified atom stereocenters. The lowest BCUT2D eigenvalue weighted by Crippen LogP contribution is -2.09. The summed E-state index contributed by atoms with van der Waals surface area (Å²) in [5, 5.41) is 9.32. The Labute approximate surface area is 89.3 Å².